The molecule has 0 saturated carbocycles. The van der Waals surface area contributed by atoms with Crippen molar-refractivity contribution >= 4 is 40.6 Å². The Morgan fingerprint density at radius 3 is 2.24 bits per heavy atom. The summed E-state index contributed by atoms with van der Waals surface area (Å²) >= 11 is 12.3. The van der Waals surface area contributed by atoms with Gasteiger partial charge in [0.15, 0.2) is 0 Å². The van der Waals surface area contributed by atoms with Crippen LogP contribution in [-0.2, 0) is 16.1 Å². The van der Waals surface area contributed by atoms with Gasteiger partial charge in [-0.25, -0.2) is 0 Å². The van der Waals surface area contributed by atoms with E-state index in [1.807, 2.05) is 18.2 Å². The van der Waals surface area contributed by atoms with Crippen LogP contribution in [0, 0.1) is 5.92 Å². The van der Waals surface area contributed by atoms with Crippen molar-refractivity contribution in [3.8, 4) is 0 Å². The topological polar surface area (TPSA) is 40.6 Å². The first-order valence-corrected chi connectivity index (χ1v) is 10.6. The lowest BCUT2D eigenvalue weighted by atomic mass is 9.97. The Hall–Kier alpha value is -2.30. The Labute approximate surface area is 180 Å². The number of likely N-dealkylation sites (tertiary alicyclic amines) is 1. The van der Waals surface area contributed by atoms with Crippen LogP contribution in [0.2, 0.25) is 10.0 Å². The highest BCUT2D eigenvalue weighted by atomic mass is 35.5. The monoisotopic (exact) mass is 428 g/mol. The molecule has 0 bridgehead atoms. The first-order chi connectivity index (χ1) is 14.0. The molecule has 0 unspecified atom stereocenters. The summed E-state index contributed by atoms with van der Waals surface area (Å²) in [4.78, 5) is 30.1. The lowest BCUT2D eigenvalue weighted by Gasteiger charge is -2.32. The minimum absolute atomic E-state index is 0.155. The van der Waals surface area contributed by atoms with E-state index < -0.39 is 0 Å². The molecule has 4 rings (SSSR count). The van der Waals surface area contributed by atoms with E-state index in [1.165, 1.54) is 4.90 Å². The van der Waals surface area contributed by atoms with Gasteiger partial charge in [-0.05, 0) is 48.1 Å². The summed E-state index contributed by atoms with van der Waals surface area (Å²) in [7, 11) is 0. The van der Waals surface area contributed by atoms with E-state index >= 15 is 0 Å². The van der Waals surface area contributed by atoms with Crippen LogP contribution in [0.1, 0.15) is 30.9 Å². The van der Waals surface area contributed by atoms with Gasteiger partial charge >= 0.3 is 0 Å². The molecule has 0 spiro atoms. The number of nitrogens with zero attached hydrogens (tertiary/aromatic N) is 2. The highest BCUT2D eigenvalue weighted by molar-refractivity contribution is 6.36. The Morgan fingerprint density at radius 2 is 1.59 bits per heavy atom. The number of halogens is 2. The summed E-state index contributed by atoms with van der Waals surface area (Å²) in [5.74, 6) is 0.0811. The van der Waals surface area contributed by atoms with Crippen molar-refractivity contribution in [2.24, 2.45) is 5.92 Å². The van der Waals surface area contributed by atoms with Crippen molar-refractivity contribution in [2.75, 3.05) is 13.1 Å². The first kappa shape index (κ1) is 20.0. The maximum Gasteiger partial charge on any atom is 0.278 e. The molecule has 2 amide bonds. The minimum Gasteiger partial charge on any atom is -0.366 e. The Kier molecular flexibility index (Phi) is 5.66. The fourth-order valence-electron chi connectivity index (χ4n) is 3.91. The van der Waals surface area contributed by atoms with Gasteiger partial charge in [0, 0.05) is 23.1 Å². The molecular weight excluding hydrogens is 407 g/mol. The smallest absolute Gasteiger partial charge is 0.278 e. The number of benzene rings is 2. The molecule has 2 aromatic carbocycles. The second kappa shape index (κ2) is 8.21. The molecule has 0 aromatic heterocycles. The van der Waals surface area contributed by atoms with Crippen LogP contribution < -0.4 is 0 Å². The molecule has 29 heavy (non-hydrogen) atoms. The van der Waals surface area contributed by atoms with Crippen LogP contribution in [0.3, 0.4) is 0 Å². The summed E-state index contributed by atoms with van der Waals surface area (Å²) < 4.78 is 0. The van der Waals surface area contributed by atoms with Crippen molar-refractivity contribution < 1.29 is 9.59 Å². The number of carbonyl (C=O) groups is 2. The van der Waals surface area contributed by atoms with Crippen LogP contribution >= 0.6 is 23.2 Å². The molecule has 0 radical (unpaired) electrons. The molecule has 2 aliphatic rings. The van der Waals surface area contributed by atoms with Crippen molar-refractivity contribution in [1.82, 2.24) is 9.80 Å². The molecule has 0 aliphatic carbocycles. The molecule has 4 nitrogen and oxygen atoms in total. The second-order valence-electron chi connectivity index (χ2n) is 7.69. The highest BCUT2D eigenvalue weighted by Gasteiger charge is 2.42. The van der Waals surface area contributed by atoms with E-state index in [4.69, 9.17) is 23.2 Å². The lowest BCUT2D eigenvalue weighted by Crippen LogP contribution is -2.38. The number of hydrogen-bond acceptors (Lipinski definition) is 3. The predicted octanol–water partition coefficient (Wildman–Crippen LogP) is 5.01. The van der Waals surface area contributed by atoms with Gasteiger partial charge in [0.25, 0.3) is 11.8 Å². The average Bonchev–Trinajstić information content (AvgIpc) is 2.96. The third-order valence-electron chi connectivity index (χ3n) is 5.66. The summed E-state index contributed by atoms with van der Waals surface area (Å²) in [6.07, 6.45) is 2.01. The van der Waals surface area contributed by atoms with Gasteiger partial charge in [-0.15, -0.1) is 0 Å². The number of piperidine rings is 1. The summed E-state index contributed by atoms with van der Waals surface area (Å²) in [6, 6.07) is 14.4. The van der Waals surface area contributed by atoms with Gasteiger partial charge in [-0.1, -0.05) is 60.5 Å². The number of rotatable bonds is 4. The van der Waals surface area contributed by atoms with E-state index in [9.17, 15) is 9.59 Å². The number of amides is 2. The predicted molar refractivity (Wildman–Crippen MR) is 115 cm³/mol. The van der Waals surface area contributed by atoms with Gasteiger partial charge in [0.1, 0.15) is 5.70 Å². The van der Waals surface area contributed by atoms with Crippen molar-refractivity contribution in [3.05, 3.63) is 75.4 Å². The molecule has 0 atom stereocenters. The Morgan fingerprint density at radius 1 is 0.931 bits per heavy atom. The summed E-state index contributed by atoms with van der Waals surface area (Å²) in [5, 5.41) is 1.13. The van der Waals surface area contributed by atoms with E-state index in [0.717, 1.165) is 31.5 Å². The van der Waals surface area contributed by atoms with Crippen LogP contribution in [0.5, 0.6) is 0 Å². The second-order valence-corrected chi connectivity index (χ2v) is 8.53. The number of imide groups is 1. The van der Waals surface area contributed by atoms with Crippen LogP contribution in [0.4, 0.5) is 0 Å². The van der Waals surface area contributed by atoms with E-state index in [2.05, 4.69) is 11.8 Å². The number of hydrogen-bond donors (Lipinski definition) is 0. The zero-order valence-corrected chi connectivity index (χ0v) is 17.7. The fraction of sp³-hybridized carbons (Fsp3) is 0.304. The Balaban J connectivity index is 1.73. The first-order valence-electron chi connectivity index (χ1n) is 9.80. The third kappa shape index (κ3) is 3.92. The standard InChI is InChI=1S/C23H22Cl2N2O2/c1-15-10-12-26(13-11-15)21-20(16-6-8-18(24)9-7-16)22(28)27(23(21)29)14-17-4-2-3-5-19(17)25/h2-9,15H,10-14H2,1H3. The zero-order chi connectivity index (χ0) is 20.5. The molecule has 0 N–H and O–H groups in total. The van der Waals surface area contributed by atoms with Crippen molar-refractivity contribution in [1.29, 1.82) is 0 Å². The van der Waals surface area contributed by atoms with E-state index in [1.54, 1.807) is 30.3 Å². The van der Waals surface area contributed by atoms with Crippen LogP contribution in [0.25, 0.3) is 5.57 Å². The quantitative estimate of drug-likeness (QED) is 0.642. The molecular formula is C23H22Cl2N2O2. The normalized spacial score (nSPS) is 18.2. The molecule has 2 aromatic rings. The van der Waals surface area contributed by atoms with Gasteiger partial charge in [0.2, 0.25) is 0 Å². The summed E-state index contributed by atoms with van der Waals surface area (Å²) in [6.45, 7) is 3.92. The maximum atomic E-state index is 13.4. The lowest BCUT2D eigenvalue weighted by molar-refractivity contribution is -0.138. The van der Waals surface area contributed by atoms with Gasteiger partial charge in [0.05, 0.1) is 12.1 Å². The Bertz CT molecular complexity index is 977. The molecule has 2 heterocycles. The molecule has 2 aliphatic heterocycles. The zero-order valence-electron chi connectivity index (χ0n) is 16.2. The molecule has 1 fully saturated rings. The minimum atomic E-state index is -0.286. The van der Waals surface area contributed by atoms with Gasteiger partial charge in [-0.3, -0.25) is 14.5 Å². The van der Waals surface area contributed by atoms with Gasteiger partial charge < -0.3 is 4.90 Å². The van der Waals surface area contributed by atoms with Crippen molar-refractivity contribution in [3.63, 3.8) is 0 Å². The van der Waals surface area contributed by atoms with Crippen LogP contribution in [-0.4, -0.2) is 34.7 Å². The largest absolute Gasteiger partial charge is 0.366 e. The van der Waals surface area contributed by atoms with E-state index in [-0.39, 0.29) is 18.4 Å². The van der Waals surface area contributed by atoms with Crippen LogP contribution in [0.15, 0.2) is 54.2 Å². The maximum absolute atomic E-state index is 13.4. The van der Waals surface area contributed by atoms with Crippen molar-refractivity contribution in [2.45, 2.75) is 26.3 Å². The fourth-order valence-corrected chi connectivity index (χ4v) is 4.23. The SMILES string of the molecule is CC1CCN(C2=C(c3ccc(Cl)cc3)C(=O)N(Cc3ccccc3Cl)C2=O)CC1. The number of carbonyl (C=O) groups excluding carboxylic acids is 2. The molecule has 150 valence electrons. The molecule has 6 heteroatoms. The highest BCUT2D eigenvalue weighted by Crippen LogP contribution is 2.35. The van der Waals surface area contributed by atoms with Gasteiger partial charge in [-0.2, -0.15) is 0 Å². The summed E-state index contributed by atoms with van der Waals surface area (Å²) in [5.41, 5.74) is 2.41. The molecule has 1 saturated heterocycles. The van der Waals surface area contributed by atoms with E-state index in [0.29, 0.717) is 32.8 Å². The third-order valence-corrected chi connectivity index (χ3v) is 6.28. The average molecular weight is 429 g/mol.